The summed E-state index contributed by atoms with van der Waals surface area (Å²) >= 11 is 0. The number of quaternary nitrogens is 1. The molecular weight excluding hydrogens is 1100 g/mol. The maximum atomic E-state index is 13.0. The number of carboxylic acids is 1. The molecule has 0 bridgehead atoms. The van der Waals surface area contributed by atoms with Crippen molar-refractivity contribution in [1.82, 2.24) is 0 Å². The Morgan fingerprint density at radius 1 is 0.337 bits per heavy atom. The summed E-state index contributed by atoms with van der Waals surface area (Å²) in [5.41, 5.74) is 0. The monoisotopic (exact) mass is 1260 g/mol. The normalized spacial score (nSPS) is 12.8. The number of ether oxygens (including phenoxy) is 4. The molecule has 0 radical (unpaired) electrons. The van der Waals surface area contributed by atoms with Crippen molar-refractivity contribution in [3.8, 4) is 0 Å². The number of carbonyl (C=O) groups excluding carboxylic acids is 2. The van der Waals surface area contributed by atoms with E-state index in [0.29, 0.717) is 17.4 Å². The molecule has 9 heteroatoms. The van der Waals surface area contributed by atoms with Crippen molar-refractivity contribution >= 4 is 17.9 Å². The minimum Gasteiger partial charge on any atom is -0.477 e. The lowest BCUT2D eigenvalue weighted by molar-refractivity contribution is -0.870. The van der Waals surface area contributed by atoms with E-state index in [2.05, 4.69) is 50.3 Å². The molecule has 0 aromatic rings. The number of hydrogen-bond donors (Lipinski definition) is 1. The molecule has 0 rings (SSSR count). The van der Waals surface area contributed by atoms with Crippen molar-refractivity contribution in [3.05, 3.63) is 36.5 Å². The lowest BCUT2D eigenvalue weighted by atomic mass is 10.0. The first-order valence-electron chi connectivity index (χ1n) is 39.2. The van der Waals surface area contributed by atoms with E-state index in [9.17, 15) is 19.5 Å². The molecule has 524 valence electrons. The SMILES string of the molecule is CCCCCCC/C=C\C/C=C\CCCCCCCCCCCCCCCCCCCCCCCC(=O)OC(COC(=O)CCCCCCCCCCCCCCCCCCCCC/C=C\CCCCCCCCCC)COC(OCC[N+](C)(C)C)C(=O)O. The van der Waals surface area contributed by atoms with Gasteiger partial charge < -0.3 is 28.5 Å². The van der Waals surface area contributed by atoms with Gasteiger partial charge in [0.05, 0.1) is 34.4 Å². The summed E-state index contributed by atoms with van der Waals surface area (Å²) in [6, 6.07) is 0. The Hall–Kier alpha value is -2.49. The van der Waals surface area contributed by atoms with Crippen LogP contribution >= 0.6 is 0 Å². The third-order valence-corrected chi connectivity index (χ3v) is 17.9. The highest BCUT2D eigenvalue weighted by atomic mass is 16.7. The molecule has 0 heterocycles. The highest BCUT2D eigenvalue weighted by Gasteiger charge is 2.25. The summed E-state index contributed by atoms with van der Waals surface area (Å²) in [6.07, 6.45) is 88.7. The number of unbranched alkanes of at least 4 members (excludes halogenated alkanes) is 53. The first-order valence-corrected chi connectivity index (χ1v) is 39.2. The van der Waals surface area contributed by atoms with Crippen LogP contribution in [0.4, 0.5) is 0 Å². The number of allylic oxidation sites excluding steroid dienone is 6. The number of hydrogen-bond acceptors (Lipinski definition) is 7. The first kappa shape index (κ1) is 86.5. The summed E-state index contributed by atoms with van der Waals surface area (Å²) in [5, 5.41) is 9.77. The van der Waals surface area contributed by atoms with Crippen LogP contribution in [0.2, 0.25) is 0 Å². The zero-order valence-corrected chi connectivity index (χ0v) is 60.1. The van der Waals surface area contributed by atoms with Crippen LogP contribution in [0.25, 0.3) is 0 Å². The molecule has 0 aromatic heterocycles. The molecule has 0 saturated carbocycles. The Labute approximate surface area is 553 Å². The summed E-state index contributed by atoms with van der Waals surface area (Å²) in [6.45, 7) is 4.94. The van der Waals surface area contributed by atoms with Crippen LogP contribution in [0.5, 0.6) is 0 Å². The largest absolute Gasteiger partial charge is 0.477 e. The average molecular weight is 1260 g/mol. The smallest absolute Gasteiger partial charge is 0.361 e. The molecular formula is C80H152NO8+. The van der Waals surface area contributed by atoms with Crippen LogP contribution in [-0.2, 0) is 33.3 Å². The van der Waals surface area contributed by atoms with Crippen molar-refractivity contribution < 1.29 is 42.9 Å². The van der Waals surface area contributed by atoms with Gasteiger partial charge in [-0.15, -0.1) is 0 Å². The molecule has 2 atom stereocenters. The first-order chi connectivity index (χ1) is 43.6. The zero-order chi connectivity index (χ0) is 64.7. The van der Waals surface area contributed by atoms with E-state index in [1.165, 1.54) is 327 Å². The van der Waals surface area contributed by atoms with E-state index in [4.69, 9.17) is 18.9 Å². The Balaban J connectivity index is 3.99. The minimum absolute atomic E-state index is 0.175. The summed E-state index contributed by atoms with van der Waals surface area (Å²) in [4.78, 5) is 37.7. The van der Waals surface area contributed by atoms with Crippen LogP contribution < -0.4 is 0 Å². The van der Waals surface area contributed by atoms with Gasteiger partial charge in [0.15, 0.2) is 6.10 Å². The Morgan fingerprint density at radius 3 is 0.899 bits per heavy atom. The van der Waals surface area contributed by atoms with Gasteiger partial charge in [-0.1, -0.05) is 352 Å². The number of carboxylic acid groups (broad SMARTS) is 1. The number of likely N-dealkylation sites (N-methyl/N-ethyl adjacent to an activating group) is 1. The van der Waals surface area contributed by atoms with E-state index in [1.54, 1.807) is 0 Å². The van der Waals surface area contributed by atoms with Crippen molar-refractivity contribution in [2.24, 2.45) is 0 Å². The number of aliphatic carboxylic acids is 1. The van der Waals surface area contributed by atoms with Gasteiger partial charge in [-0.05, 0) is 70.6 Å². The molecule has 0 amide bonds. The highest BCUT2D eigenvalue weighted by Crippen LogP contribution is 2.19. The van der Waals surface area contributed by atoms with E-state index in [1.807, 2.05) is 21.1 Å². The molecule has 0 aromatic carbocycles. The van der Waals surface area contributed by atoms with Crippen LogP contribution in [0, 0.1) is 0 Å². The molecule has 0 saturated heterocycles. The molecule has 2 unspecified atom stereocenters. The van der Waals surface area contributed by atoms with Crippen molar-refractivity contribution in [3.63, 3.8) is 0 Å². The quantitative estimate of drug-likeness (QED) is 0.0211. The van der Waals surface area contributed by atoms with Gasteiger partial charge in [-0.25, -0.2) is 4.79 Å². The maximum absolute atomic E-state index is 13.0. The van der Waals surface area contributed by atoms with Gasteiger partial charge in [-0.3, -0.25) is 9.59 Å². The number of carbonyl (C=O) groups is 3. The predicted octanol–water partition coefficient (Wildman–Crippen LogP) is 24.7. The third-order valence-electron chi connectivity index (χ3n) is 17.9. The van der Waals surface area contributed by atoms with Gasteiger partial charge in [0.2, 0.25) is 0 Å². The molecule has 0 aliphatic carbocycles. The Bertz CT molecular complexity index is 1550. The highest BCUT2D eigenvalue weighted by molar-refractivity contribution is 5.71. The standard InChI is InChI=1S/C80H151NO8/c1-6-8-10-12-14-16-18-20-22-24-26-28-30-32-34-36-38-39-41-43-45-47-49-51-53-55-57-59-61-63-65-67-69-71-78(83)89-76(75-88-80(79(84)85)86-73-72-81(3,4)5)74-87-77(82)70-68-66-64-62-60-58-56-54-52-50-48-46-44-42-40-37-35-33-31-29-27-25-23-21-19-17-15-13-11-9-7-2/h18,20,24-27,76,80H,6-17,19,21-23,28-75H2,1-5H3/p+1/b20-18-,26-24-,27-25-. The van der Waals surface area contributed by atoms with E-state index >= 15 is 0 Å². The van der Waals surface area contributed by atoms with Crippen LogP contribution in [0.1, 0.15) is 399 Å². The van der Waals surface area contributed by atoms with E-state index < -0.39 is 18.4 Å². The Morgan fingerprint density at radius 2 is 0.607 bits per heavy atom. The number of esters is 2. The van der Waals surface area contributed by atoms with Crippen LogP contribution in [-0.4, -0.2) is 87.4 Å². The van der Waals surface area contributed by atoms with Crippen LogP contribution in [0.15, 0.2) is 36.5 Å². The molecule has 0 aliphatic heterocycles. The fraction of sp³-hybridized carbons (Fsp3) is 0.887. The second kappa shape index (κ2) is 71.4. The second-order valence-electron chi connectivity index (χ2n) is 28.0. The molecule has 9 nitrogen and oxygen atoms in total. The summed E-state index contributed by atoms with van der Waals surface area (Å²) in [7, 11) is 6.00. The summed E-state index contributed by atoms with van der Waals surface area (Å²) in [5.74, 6) is -1.97. The van der Waals surface area contributed by atoms with Gasteiger partial charge in [0, 0.05) is 12.8 Å². The number of rotatable bonds is 74. The second-order valence-corrected chi connectivity index (χ2v) is 28.0. The van der Waals surface area contributed by atoms with Gasteiger partial charge in [0.25, 0.3) is 6.29 Å². The predicted molar refractivity (Wildman–Crippen MR) is 383 cm³/mol. The lowest BCUT2D eigenvalue weighted by Gasteiger charge is -2.25. The molecule has 0 spiro atoms. The van der Waals surface area contributed by atoms with Gasteiger partial charge >= 0.3 is 17.9 Å². The third kappa shape index (κ3) is 72.8. The van der Waals surface area contributed by atoms with E-state index in [0.717, 1.165) is 44.9 Å². The van der Waals surface area contributed by atoms with Crippen LogP contribution in [0.3, 0.4) is 0 Å². The van der Waals surface area contributed by atoms with Gasteiger partial charge in [0.1, 0.15) is 13.2 Å². The summed E-state index contributed by atoms with van der Waals surface area (Å²) < 4.78 is 23.1. The molecule has 0 fully saturated rings. The van der Waals surface area contributed by atoms with Crippen molar-refractivity contribution in [1.29, 1.82) is 0 Å². The molecule has 0 aliphatic rings. The molecule has 89 heavy (non-hydrogen) atoms. The minimum atomic E-state index is -1.51. The molecule has 1 N–H and O–H groups in total. The van der Waals surface area contributed by atoms with Gasteiger partial charge in [-0.2, -0.15) is 0 Å². The fourth-order valence-corrected chi connectivity index (χ4v) is 11.9. The topological polar surface area (TPSA) is 108 Å². The maximum Gasteiger partial charge on any atom is 0.361 e. The average Bonchev–Trinajstić information content (AvgIpc) is 3.64. The fourth-order valence-electron chi connectivity index (χ4n) is 11.9. The van der Waals surface area contributed by atoms with Crippen molar-refractivity contribution in [2.45, 2.75) is 411 Å². The number of nitrogens with zero attached hydrogens (tertiary/aromatic N) is 1. The lowest BCUT2D eigenvalue weighted by Crippen LogP contribution is -2.40. The van der Waals surface area contributed by atoms with Crippen molar-refractivity contribution in [2.75, 3.05) is 47.5 Å². The Kier molecular flexibility index (Phi) is 69.4. The zero-order valence-electron chi connectivity index (χ0n) is 60.1. The van der Waals surface area contributed by atoms with E-state index in [-0.39, 0.29) is 38.2 Å².